The predicted octanol–water partition coefficient (Wildman–Crippen LogP) is 2.41. The fourth-order valence-electron chi connectivity index (χ4n) is 1.78. The number of rotatable bonds is 4. The van der Waals surface area contributed by atoms with E-state index in [1.54, 1.807) is 10.9 Å². The summed E-state index contributed by atoms with van der Waals surface area (Å²) in [5, 5.41) is 4.06. The summed E-state index contributed by atoms with van der Waals surface area (Å²) in [6, 6.07) is 7.82. The third-order valence-corrected chi connectivity index (χ3v) is 2.81. The molecule has 3 nitrogen and oxygen atoms in total. The van der Waals surface area contributed by atoms with E-state index in [1.807, 2.05) is 37.5 Å². The van der Waals surface area contributed by atoms with E-state index >= 15 is 0 Å². The Kier molecular flexibility index (Phi) is 3.38. The van der Waals surface area contributed by atoms with E-state index in [4.69, 9.17) is 0 Å². The molecule has 0 unspecified atom stereocenters. The van der Waals surface area contributed by atoms with Crippen LogP contribution in [0.4, 0.5) is 0 Å². The number of hydrogen-bond donors (Lipinski definition) is 0. The molecule has 0 atom stereocenters. The van der Waals surface area contributed by atoms with Crippen molar-refractivity contribution < 1.29 is 4.79 Å². The molecule has 0 radical (unpaired) electrons. The summed E-state index contributed by atoms with van der Waals surface area (Å²) in [5.74, 6) is 0.139. The van der Waals surface area contributed by atoms with Crippen LogP contribution in [0.2, 0.25) is 0 Å². The molecule has 1 aromatic carbocycles. The van der Waals surface area contributed by atoms with E-state index in [2.05, 4.69) is 12.0 Å². The van der Waals surface area contributed by atoms with Gasteiger partial charge in [-0.15, -0.1) is 0 Å². The Morgan fingerprint density at radius 2 is 1.94 bits per heavy atom. The molecule has 1 aromatic heterocycles. The molecule has 1 heterocycles. The molecule has 0 amide bonds. The first-order chi connectivity index (χ1) is 8.19. The molecular weight excluding hydrogens is 212 g/mol. The van der Waals surface area contributed by atoms with Crippen molar-refractivity contribution in [3.63, 3.8) is 0 Å². The lowest BCUT2D eigenvalue weighted by molar-refractivity contribution is 0.0993. The Morgan fingerprint density at radius 3 is 2.47 bits per heavy atom. The molecule has 88 valence electrons. The van der Waals surface area contributed by atoms with Gasteiger partial charge in [0.05, 0.1) is 6.20 Å². The molecule has 0 aliphatic carbocycles. The molecule has 17 heavy (non-hydrogen) atoms. The minimum Gasteiger partial charge on any atom is -0.294 e. The Hall–Kier alpha value is -1.90. The number of aromatic nitrogens is 2. The minimum absolute atomic E-state index is 0.139. The van der Waals surface area contributed by atoms with E-state index in [-0.39, 0.29) is 5.78 Å². The van der Waals surface area contributed by atoms with Gasteiger partial charge in [-0.2, -0.15) is 5.10 Å². The van der Waals surface area contributed by atoms with Gasteiger partial charge in [-0.3, -0.25) is 9.48 Å². The zero-order valence-corrected chi connectivity index (χ0v) is 10.2. The second-order valence-corrected chi connectivity index (χ2v) is 4.17. The van der Waals surface area contributed by atoms with Crippen LogP contribution in [0.25, 0.3) is 0 Å². The van der Waals surface area contributed by atoms with Crippen LogP contribution < -0.4 is 0 Å². The first-order valence-electron chi connectivity index (χ1n) is 5.78. The summed E-state index contributed by atoms with van der Waals surface area (Å²) in [6.45, 7) is 2.10. The maximum atomic E-state index is 12.0. The Labute approximate surface area is 101 Å². The molecule has 3 heteroatoms. The van der Waals surface area contributed by atoms with Crippen LogP contribution in [-0.4, -0.2) is 15.6 Å². The second kappa shape index (κ2) is 4.95. The van der Waals surface area contributed by atoms with E-state index < -0.39 is 0 Å². The molecule has 0 aliphatic heterocycles. The highest BCUT2D eigenvalue weighted by Crippen LogP contribution is 2.09. The van der Waals surface area contributed by atoms with Crippen molar-refractivity contribution in [1.82, 2.24) is 9.78 Å². The standard InChI is InChI=1S/C14H16N2O/c1-3-11-4-6-13(7-5-11)14(17)8-12-9-15-16(2)10-12/h4-7,9-10H,3,8H2,1-2H3. The number of benzene rings is 1. The Bertz CT molecular complexity index is 511. The monoisotopic (exact) mass is 228 g/mol. The van der Waals surface area contributed by atoms with Crippen LogP contribution in [0.15, 0.2) is 36.7 Å². The predicted molar refractivity (Wildman–Crippen MR) is 67.1 cm³/mol. The highest BCUT2D eigenvalue weighted by molar-refractivity contribution is 5.97. The summed E-state index contributed by atoms with van der Waals surface area (Å²) >= 11 is 0. The second-order valence-electron chi connectivity index (χ2n) is 4.17. The molecule has 0 bridgehead atoms. The summed E-state index contributed by atoms with van der Waals surface area (Å²) in [6.07, 6.45) is 5.02. The van der Waals surface area contributed by atoms with E-state index in [9.17, 15) is 4.79 Å². The van der Waals surface area contributed by atoms with Gasteiger partial charge in [0, 0.05) is 25.2 Å². The van der Waals surface area contributed by atoms with Crippen molar-refractivity contribution in [2.45, 2.75) is 19.8 Å². The maximum Gasteiger partial charge on any atom is 0.167 e. The highest BCUT2D eigenvalue weighted by atomic mass is 16.1. The minimum atomic E-state index is 0.139. The zero-order chi connectivity index (χ0) is 12.3. The number of aryl methyl sites for hydroxylation is 2. The number of carbonyl (C=O) groups is 1. The summed E-state index contributed by atoms with van der Waals surface area (Å²) < 4.78 is 1.71. The lowest BCUT2D eigenvalue weighted by Gasteiger charge is -2.01. The lowest BCUT2D eigenvalue weighted by Crippen LogP contribution is -2.02. The number of hydrogen-bond acceptors (Lipinski definition) is 2. The van der Waals surface area contributed by atoms with Gasteiger partial charge in [0.25, 0.3) is 0 Å². The van der Waals surface area contributed by atoms with Crippen LogP contribution >= 0.6 is 0 Å². The topological polar surface area (TPSA) is 34.9 Å². The van der Waals surface area contributed by atoms with Gasteiger partial charge in [0.1, 0.15) is 0 Å². The largest absolute Gasteiger partial charge is 0.294 e. The van der Waals surface area contributed by atoms with E-state index in [0.717, 1.165) is 17.5 Å². The summed E-state index contributed by atoms with van der Waals surface area (Å²) in [4.78, 5) is 12.0. The van der Waals surface area contributed by atoms with Crippen LogP contribution in [0.5, 0.6) is 0 Å². The average Bonchev–Trinajstić information content (AvgIpc) is 2.75. The van der Waals surface area contributed by atoms with Crippen LogP contribution in [0, 0.1) is 0 Å². The quantitative estimate of drug-likeness (QED) is 0.753. The number of ketones is 1. The van der Waals surface area contributed by atoms with Gasteiger partial charge in [-0.1, -0.05) is 31.2 Å². The van der Waals surface area contributed by atoms with Gasteiger partial charge in [-0.25, -0.2) is 0 Å². The van der Waals surface area contributed by atoms with Crippen molar-refractivity contribution in [2.75, 3.05) is 0 Å². The van der Waals surface area contributed by atoms with Gasteiger partial charge >= 0.3 is 0 Å². The number of nitrogens with zero attached hydrogens (tertiary/aromatic N) is 2. The fourth-order valence-corrected chi connectivity index (χ4v) is 1.78. The van der Waals surface area contributed by atoms with E-state index in [0.29, 0.717) is 6.42 Å². The van der Waals surface area contributed by atoms with Gasteiger partial charge in [0.15, 0.2) is 5.78 Å². The highest BCUT2D eigenvalue weighted by Gasteiger charge is 2.08. The molecule has 0 saturated heterocycles. The zero-order valence-electron chi connectivity index (χ0n) is 10.2. The van der Waals surface area contributed by atoms with Crippen molar-refractivity contribution in [1.29, 1.82) is 0 Å². The number of Topliss-reactive ketones (excluding diaryl/α,β-unsaturated/α-hetero) is 1. The van der Waals surface area contributed by atoms with Gasteiger partial charge < -0.3 is 0 Å². The molecule has 0 spiro atoms. The molecular formula is C14H16N2O. The summed E-state index contributed by atoms with van der Waals surface area (Å²) in [7, 11) is 1.85. The molecule has 2 aromatic rings. The third kappa shape index (κ3) is 2.81. The van der Waals surface area contributed by atoms with Crippen molar-refractivity contribution in [2.24, 2.45) is 7.05 Å². The average molecular weight is 228 g/mol. The number of carbonyl (C=O) groups excluding carboxylic acids is 1. The van der Waals surface area contributed by atoms with Crippen LogP contribution in [0.1, 0.15) is 28.4 Å². The molecule has 0 saturated carbocycles. The Balaban J connectivity index is 2.09. The smallest absolute Gasteiger partial charge is 0.167 e. The van der Waals surface area contributed by atoms with Crippen molar-refractivity contribution >= 4 is 5.78 Å². The van der Waals surface area contributed by atoms with Crippen molar-refractivity contribution in [3.05, 3.63) is 53.3 Å². The van der Waals surface area contributed by atoms with Crippen LogP contribution in [0.3, 0.4) is 0 Å². The first kappa shape index (κ1) is 11.6. The molecule has 0 N–H and O–H groups in total. The SMILES string of the molecule is CCc1ccc(C(=O)Cc2cnn(C)c2)cc1. The van der Waals surface area contributed by atoms with Gasteiger partial charge in [-0.05, 0) is 17.5 Å². The first-order valence-corrected chi connectivity index (χ1v) is 5.78. The van der Waals surface area contributed by atoms with Gasteiger partial charge in [0.2, 0.25) is 0 Å². The molecule has 0 aliphatic rings. The van der Waals surface area contributed by atoms with Crippen LogP contribution in [-0.2, 0) is 19.9 Å². The lowest BCUT2D eigenvalue weighted by atomic mass is 10.0. The molecule has 0 fully saturated rings. The maximum absolute atomic E-state index is 12.0. The summed E-state index contributed by atoms with van der Waals surface area (Å²) in [5.41, 5.74) is 2.98. The third-order valence-electron chi connectivity index (χ3n) is 2.81. The fraction of sp³-hybridized carbons (Fsp3) is 0.286. The van der Waals surface area contributed by atoms with Crippen molar-refractivity contribution in [3.8, 4) is 0 Å². The normalized spacial score (nSPS) is 10.5. The van der Waals surface area contributed by atoms with E-state index in [1.165, 1.54) is 5.56 Å². The molecule has 2 rings (SSSR count). The Morgan fingerprint density at radius 1 is 1.24 bits per heavy atom.